The topological polar surface area (TPSA) is 64.4 Å². The van der Waals surface area contributed by atoms with E-state index in [0.29, 0.717) is 25.2 Å². The van der Waals surface area contributed by atoms with Crippen LogP contribution in [0.25, 0.3) is 0 Å². The molecule has 0 radical (unpaired) electrons. The molecular weight excluding hydrogens is 240 g/mol. The molecule has 0 aromatic rings. The molecule has 0 bridgehead atoms. The summed E-state index contributed by atoms with van der Waals surface area (Å²) in [5.74, 6) is 0.151. The van der Waals surface area contributed by atoms with Crippen molar-refractivity contribution >= 4 is 5.91 Å². The predicted molar refractivity (Wildman–Crippen MR) is 75.7 cm³/mol. The van der Waals surface area contributed by atoms with E-state index in [0.717, 1.165) is 25.8 Å². The van der Waals surface area contributed by atoms with Gasteiger partial charge in [-0.05, 0) is 37.5 Å². The average molecular weight is 268 g/mol. The highest BCUT2D eigenvalue weighted by Crippen LogP contribution is 2.40. The summed E-state index contributed by atoms with van der Waals surface area (Å²) in [7, 11) is 0. The van der Waals surface area contributed by atoms with Crippen molar-refractivity contribution in [3.05, 3.63) is 0 Å². The molecule has 0 unspecified atom stereocenters. The van der Waals surface area contributed by atoms with Crippen molar-refractivity contribution in [2.45, 2.75) is 51.9 Å². The maximum absolute atomic E-state index is 12.5. The fourth-order valence-corrected chi connectivity index (χ4v) is 3.52. The number of nitrogens with two attached hydrogens (primary N) is 1. The van der Waals surface area contributed by atoms with Crippen LogP contribution in [-0.2, 0) is 9.53 Å². The molecule has 1 aliphatic heterocycles. The molecule has 0 atom stereocenters. The Kier molecular flexibility index (Phi) is 4.85. The number of rotatable bonds is 5. The van der Waals surface area contributed by atoms with E-state index in [1.165, 1.54) is 25.7 Å². The Balaban J connectivity index is 1.92. The van der Waals surface area contributed by atoms with Gasteiger partial charge in [0, 0.05) is 26.3 Å². The monoisotopic (exact) mass is 268 g/mol. The molecule has 4 heteroatoms. The van der Waals surface area contributed by atoms with Crippen molar-refractivity contribution in [2.24, 2.45) is 16.6 Å². The first-order valence-electron chi connectivity index (χ1n) is 7.73. The lowest BCUT2D eigenvalue weighted by atomic mass is 9.78. The zero-order valence-electron chi connectivity index (χ0n) is 12.2. The maximum Gasteiger partial charge on any atom is 0.227 e. The lowest BCUT2D eigenvalue weighted by Crippen LogP contribution is -2.51. The number of hydrogen-bond acceptors (Lipinski definition) is 3. The second-order valence-electron chi connectivity index (χ2n) is 6.34. The minimum atomic E-state index is -0.383. The van der Waals surface area contributed by atoms with Gasteiger partial charge in [0.05, 0.1) is 5.41 Å². The van der Waals surface area contributed by atoms with Crippen molar-refractivity contribution in [1.82, 2.24) is 5.32 Å². The molecule has 110 valence electrons. The van der Waals surface area contributed by atoms with Crippen molar-refractivity contribution in [2.75, 3.05) is 26.3 Å². The van der Waals surface area contributed by atoms with Crippen LogP contribution >= 0.6 is 0 Å². The van der Waals surface area contributed by atoms with Crippen LogP contribution < -0.4 is 11.1 Å². The molecule has 1 aliphatic carbocycles. The molecule has 2 aliphatic rings. The zero-order chi connectivity index (χ0) is 13.8. The molecule has 1 saturated carbocycles. The number of carbonyl (C=O) groups is 1. The van der Waals surface area contributed by atoms with Gasteiger partial charge in [-0.3, -0.25) is 4.79 Å². The first-order valence-corrected chi connectivity index (χ1v) is 7.73. The third-order valence-electron chi connectivity index (χ3n) is 5.36. The Morgan fingerprint density at radius 1 is 1.21 bits per heavy atom. The SMILES string of the molecule is CCC1(CNC(=O)C2(CN)CCOCC2)CCCC1. The van der Waals surface area contributed by atoms with Gasteiger partial charge in [0.2, 0.25) is 5.91 Å². The predicted octanol–water partition coefficient (Wildman–Crippen LogP) is 1.83. The van der Waals surface area contributed by atoms with E-state index in [-0.39, 0.29) is 11.3 Å². The van der Waals surface area contributed by atoms with Crippen molar-refractivity contribution in [1.29, 1.82) is 0 Å². The van der Waals surface area contributed by atoms with Crippen LogP contribution in [0.1, 0.15) is 51.9 Å². The van der Waals surface area contributed by atoms with Crippen LogP contribution in [0.5, 0.6) is 0 Å². The lowest BCUT2D eigenvalue weighted by Gasteiger charge is -2.36. The smallest absolute Gasteiger partial charge is 0.227 e. The fraction of sp³-hybridized carbons (Fsp3) is 0.933. The Labute approximate surface area is 116 Å². The molecule has 0 aromatic heterocycles. The molecule has 3 N–H and O–H groups in total. The number of hydrogen-bond donors (Lipinski definition) is 2. The highest BCUT2D eigenvalue weighted by molar-refractivity contribution is 5.83. The van der Waals surface area contributed by atoms with Crippen LogP contribution in [0, 0.1) is 10.8 Å². The maximum atomic E-state index is 12.5. The number of nitrogens with one attached hydrogen (secondary N) is 1. The highest BCUT2D eigenvalue weighted by Gasteiger charge is 2.40. The van der Waals surface area contributed by atoms with E-state index in [1.54, 1.807) is 0 Å². The van der Waals surface area contributed by atoms with Crippen LogP contribution in [0.3, 0.4) is 0 Å². The summed E-state index contributed by atoms with van der Waals surface area (Å²) in [6.07, 6.45) is 7.79. The van der Waals surface area contributed by atoms with Crippen LogP contribution in [-0.4, -0.2) is 32.2 Å². The van der Waals surface area contributed by atoms with E-state index in [2.05, 4.69) is 12.2 Å². The Morgan fingerprint density at radius 2 is 1.84 bits per heavy atom. The normalized spacial score (nSPS) is 25.2. The van der Waals surface area contributed by atoms with Crippen LogP contribution in [0.4, 0.5) is 0 Å². The molecule has 0 aromatic carbocycles. The summed E-state index contributed by atoms with van der Waals surface area (Å²) in [6.45, 7) is 4.81. The van der Waals surface area contributed by atoms with Gasteiger partial charge in [0.15, 0.2) is 0 Å². The number of carbonyl (C=O) groups excluding carboxylic acids is 1. The standard InChI is InChI=1S/C15H28N2O2/c1-2-14(5-3-4-6-14)12-17-13(18)15(11-16)7-9-19-10-8-15/h2-12,16H2,1H3,(H,17,18). The van der Waals surface area contributed by atoms with Gasteiger partial charge >= 0.3 is 0 Å². The summed E-state index contributed by atoms with van der Waals surface area (Å²) in [4.78, 5) is 12.5. The molecule has 19 heavy (non-hydrogen) atoms. The molecule has 4 nitrogen and oxygen atoms in total. The second-order valence-corrected chi connectivity index (χ2v) is 6.34. The van der Waals surface area contributed by atoms with Gasteiger partial charge in [-0.2, -0.15) is 0 Å². The third kappa shape index (κ3) is 3.11. The van der Waals surface area contributed by atoms with Crippen molar-refractivity contribution < 1.29 is 9.53 Å². The number of ether oxygens (including phenoxy) is 1. The summed E-state index contributed by atoms with van der Waals surface area (Å²) in [6, 6.07) is 0. The molecular formula is C15H28N2O2. The lowest BCUT2D eigenvalue weighted by molar-refractivity contribution is -0.136. The quantitative estimate of drug-likeness (QED) is 0.799. The van der Waals surface area contributed by atoms with Crippen molar-refractivity contribution in [3.8, 4) is 0 Å². The summed E-state index contributed by atoms with van der Waals surface area (Å²) in [5.41, 5.74) is 5.83. The van der Waals surface area contributed by atoms with Gasteiger partial charge in [-0.15, -0.1) is 0 Å². The minimum absolute atomic E-state index is 0.151. The molecule has 0 spiro atoms. The van der Waals surface area contributed by atoms with E-state index in [1.807, 2.05) is 0 Å². The van der Waals surface area contributed by atoms with Crippen LogP contribution in [0.15, 0.2) is 0 Å². The molecule has 1 saturated heterocycles. The Morgan fingerprint density at radius 3 is 2.37 bits per heavy atom. The van der Waals surface area contributed by atoms with E-state index < -0.39 is 0 Å². The minimum Gasteiger partial charge on any atom is -0.381 e. The molecule has 2 fully saturated rings. The highest BCUT2D eigenvalue weighted by atomic mass is 16.5. The summed E-state index contributed by atoms with van der Waals surface area (Å²) >= 11 is 0. The summed E-state index contributed by atoms with van der Waals surface area (Å²) in [5, 5.41) is 3.20. The first-order chi connectivity index (χ1) is 9.16. The average Bonchev–Trinajstić information content (AvgIpc) is 2.95. The molecule has 2 rings (SSSR count). The zero-order valence-corrected chi connectivity index (χ0v) is 12.2. The van der Waals surface area contributed by atoms with Gasteiger partial charge < -0.3 is 15.8 Å². The summed E-state index contributed by atoms with van der Waals surface area (Å²) < 4.78 is 5.36. The van der Waals surface area contributed by atoms with Gasteiger partial charge in [-0.25, -0.2) is 0 Å². The third-order valence-corrected chi connectivity index (χ3v) is 5.36. The van der Waals surface area contributed by atoms with Crippen molar-refractivity contribution in [3.63, 3.8) is 0 Å². The first kappa shape index (κ1) is 14.8. The van der Waals surface area contributed by atoms with Gasteiger partial charge in [0.25, 0.3) is 0 Å². The molecule has 1 heterocycles. The molecule has 1 amide bonds. The Hall–Kier alpha value is -0.610. The Bertz CT molecular complexity index is 305. The largest absolute Gasteiger partial charge is 0.381 e. The number of amides is 1. The van der Waals surface area contributed by atoms with E-state index in [9.17, 15) is 4.79 Å². The van der Waals surface area contributed by atoms with Crippen LogP contribution in [0.2, 0.25) is 0 Å². The van der Waals surface area contributed by atoms with E-state index in [4.69, 9.17) is 10.5 Å². The fourth-order valence-electron chi connectivity index (χ4n) is 3.52. The second kappa shape index (κ2) is 6.23. The van der Waals surface area contributed by atoms with Gasteiger partial charge in [-0.1, -0.05) is 19.8 Å². The van der Waals surface area contributed by atoms with Gasteiger partial charge in [0.1, 0.15) is 0 Å². The van der Waals surface area contributed by atoms with E-state index >= 15 is 0 Å².